The molecule has 2 N–H and O–H groups in total. The van der Waals surface area contributed by atoms with Gasteiger partial charge in [-0.25, -0.2) is 4.68 Å². The van der Waals surface area contributed by atoms with E-state index in [9.17, 15) is 4.79 Å². The SMILES string of the molecule is Cc1cccc(C)c1-n1nc(C(N)=S)c(=O)cc1C. The predicted molar refractivity (Wildman–Crippen MR) is 79.9 cm³/mol. The minimum Gasteiger partial charge on any atom is -0.388 e. The van der Waals surface area contributed by atoms with Gasteiger partial charge in [-0.05, 0) is 31.9 Å². The first-order chi connectivity index (χ1) is 8.91. The van der Waals surface area contributed by atoms with Crippen LogP contribution in [0.25, 0.3) is 5.69 Å². The third kappa shape index (κ3) is 2.42. The number of thiocarbonyl (C=S) groups is 1. The number of hydrogen-bond acceptors (Lipinski definition) is 3. The molecule has 0 saturated heterocycles. The average Bonchev–Trinajstić information content (AvgIpc) is 2.30. The molecule has 19 heavy (non-hydrogen) atoms. The van der Waals surface area contributed by atoms with E-state index in [2.05, 4.69) is 5.10 Å². The molecule has 4 nitrogen and oxygen atoms in total. The minimum absolute atomic E-state index is 0.0185. The van der Waals surface area contributed by atoms with Crippen LogP contribution in [0, 0.1) is 20.8 Å². The second kappa shape index (κ2) is 4.93. The summed E-state index contributed by atoms with van der Waals surface area (Å²) >= 11 is 4.87. The van der Waals surface area contributed by atoms with Gasteiger partial charge in [-0.1, -0.05) is 30.4 Å². The summed E-state index contributed by atoms with van der Waals surface area (Å²) in [6.07, 6.45) is 0. The smallest absolute Gasteiger partial charge is 0.210 e. The van der Waals surface area contributed by atoms with Crippen molar-refractivity contribution in [3.63, 3.8) is 0 Å². The molecule has 0 spiro atoms. The lowest BCUT2D eigenvalue weighted by atomic mass is 10.1. The monoisotopic (exact) mass is 273 g/mol. The molecule has 0 amide bonds. The summed E-state index contributed by atoms with van der Waals surface area (Å²) in [5, 5.41) is 4.30. The largest absolute Gasteiger partial charge is 0.388 e. The number of para-hydroxylation sites is 1. The lowest BCUT2D eigenvalue weighted by Crippen LogP contribution is -2.26. The van der Waals surface area contributed by atoms with Gasteiger partial charge in [-0.3, -0.25) is 4.79 Å². The maximum atomic E-state index is 11.8. The fraction of sp³-hybridized carbons (Fsp3) is 0.214. The molecule has 5 heteroatoms. The molecule has 2 rings (SSSR count). The first-order valence-electron chi connectivity index (χ1n) is 5.89. The highest BCUT2D eigenvalue weighted by atomic mass is 32.1. The zero-order valence-corrected chi connectivity index (χ0v) is 11.9. The molecule has 0 saturated carbocycles. The molecule has 1 heterocycles. The Morgan fingerprint density at radius 2 is 1.84 bits per heavy atom. The van der Waals surface area contributed by atoms with E-state index < -0.39 is 0 Å². The number of hydrogen-bond donors (Lipinski definition) is 1. The van der Waals surface area contributed by atoms with Crippen LogP contribution < -0.4 is 11.2 Å². The van der Waals surface area contributed by atoms with Crippen LogP contribution in [-0.2, 0) is 0 Å². The zero-order chi connectivity index (χ0) is 14.2. The first-order valence-corrected chi connectivity index (χ1v) is 6.30. The quantitative estimate of drug-likeness (QED) is 0.847. The molecular weight excluding hydrogens is 258 g/mol. The summed E-state index contributed by atoms with van der Waals surface area (Å²) in [5.74, 6) is 0. The Labute approximate surface area is 116 Å². The van der Waals surface area contributed by atoms with E-state index in [0.717, 1.165) is 22.5 Å². The van der Waals surface area contributed by atoms with Crippen molar-refractivity contribution >= 4 is 17.2 Å². The second-order valence-electron chi connectivity index (χ2n) is 4.52. The third-order valence-corrected chi connectivity index (χ3v) is 3.19. The van der Waals surface area contributed by atoms with Gasteiger partial charge >= 0.3 is 0 Å². The number of benzene rings is 1. The van der Waals surface area contributed by atoms with Crippen molar-refractivity contribution in [3.05, 3.63) is 57.0 Å². The molecule has 1 aromatic heterocycles. The van der Waals surface area contributed by atoms with E-state index in [1.165, 1.54) is 6.07 Å². The van der Waals surface area contributed by atoms with Crippen LogP contribution in [-0.4, -0.2) is 14.8 Å². The Morgan fingerprint density at radius 3 is 2.37 bits per heavy atom. The number of aryl methyl sites for hydroxylation is 3. The molecule has 0 aliphatic heterocycles. The highest BCUT2D eigenvalue weighted by Crippen LogP contribution is 2.18. The summed E-state index contributed by atoms with van der Waals surface area (Å²) in [6, 6.07) is 7.50. The lowest BCUT2D eigenvalue weighted by molar-refractivity contribution is 0.783. The van der Waals surface area contributed by atoms with Crippen LogP contribution in [0.3, 0.4) is 0 Å². The summed E-state index contributed by atoms with van der Waals surface area (Å²) in [4.78, 5) is 11.8. The normalized spacial score (nSPS) is 10.5. The lowest BCUT2D eigenvalue weighted by Gasteiger charge is -2.15. The van der Waals surface area contributed by atoms with Crippen LogP contribution in [0.2, 0.25) is 0 Å². The zero-order valence-electron chi connectivity index (χ0n) is 11.1. The van der Waals surface area contributed by atoms with Crippen molar-refractivity contribution in [2.75, 3.05) is 0 Å². The van der Waals surface area contributed by atoms with Crippen LogP contribution >= 0.6 is 12.2 Å². The molecule has 2 aromatic rings. The molecule has 98 valence electrons. The Morgan fingerprint density at radius 1 is 1.26 bits per heavy atom. The summed E-state index contributed by atoms with van der Waals surface area (Å²) in [6.45, 7) is 5.84. The van der Waals surface area contributed by atoms with Gasteiger partial charge in [0.05, 0.1) is 5.69 Å². The maximum Gasteiger partial charge on any atom is 0.210 e. The Kier molecular flexibility index (Phi) is 3.48. The van der Waals surface area contributed by atoms with Crippen molar-refractivity contribution in [2.45, 2.75) is 20.8 Å². The highest BCUT2D eigenvalue weighted by molar-refractivity contribution is 7.80. The average molecular weight is 273 g/mol. The van der Waals surface area contributed by atoms with Crippen LogP contribution in [0.1, 0.15) is 22.5 Å². The Hall–Kier alpha value is -2.01. The molecule has 0 aliphatic carbocycles. The van der Waals surface area contributed by atoms with E-state index in [4.69, 9.17) is 18.0 Å². The van der Waals surface area contributed by atoms with E-state index in [1.807, 2.05) is 39.0 Å². The van der Waals surface area contributed by atoms with Crippen molar-refractivity contribution in [3.8, 4) is 5.69 Å². The molecule has 1 aromatic carbocycles. The Bertz CT molecular complexity index is 699. The summed E-state index contributed by atoms with van der Waals surface area (Å²) < 4.78 is 1.72. The van der Waals surface area contributed by atoms with E-state index in [1.54, 1.807) is 4.68 Å². The molecule has 0 atom stereocenters. The Balaban J connectivity index is 2.80. The van der Waals surface area contributed by atoms with Gasteiger partial charge in [0.2, 0.25) is 5.43 Å². The number of nitrogens with two attached hydrogens (primary N) is 1. The van der Waals surface area contributed by atoms with Gasteiger partial charge < -0.3 is 5.73 Å². The molecule has 0 unspecified atom stereocenters. The molecular formula is C14H15N3OS. The van der Waals surface area contributed by atoms with Crippen LogP contribution in [0.4, 0.5) is 0 Å². The number of rotatable bonds is 2. The molecule has 0 bridgehead atoms. The first kappa shape index (κ1) is 13.4. The van der Waals surface area contributed by atoms with E-state index in [-0.39, 0.29) is 16.1 Å². The van der Waals surface area contributed by atoms with Crippen LogP contribution in [0.5, 0.6) is 0 Å². The number of aromatic nitrogens is 2. The standard InChI is InChI=1S/C14H15N3OS/c1-8-5-4-6-9(2)13(8)17-10(3)7-11(18)12(16-17)14(15)19/h4-7H,1-3H3,(H2,15,19). The van der Waals surface area contributed by atoms with E-state index >= 15 is 0 Å². The van der Waals surface area contributed by atoms with Crippen molar-refractivity contribution < 1.29 is 0 Å². The van der Waals surface area contributed by atoms with Gasteiger partial charge in [0.15, 0.2) is 5.69 Å². The minimum atomic E-state index is -0.243. The van der Waals surface area contributed by atoms with Crippen molar-refractivity contribution in [2.24, 2.45) is 5.73 Å². The fourth-order valence-electron chi connectivity index (χ4n) is 2.08. The van der Waals surface area contributed by atoms with Crippen molar-refractivity contribution in [1.82, 2.24) is 9.78 Å². The second-order valence-corrected chi connectivity index (χ2v) is 4.95. The van der Waals surface area contributed by atoms with Gasteiger partial charge in [0, 0.05) is 11.8 Å². The van der Waals surface area contributed by atoms with Gasteiger partial charge in [0.25, 0.3) is 0 Å². The molecule has 0 radical (unpaired) electrons. The molecule has 0 fully saturated rings. The maximum absolute atomic E-state index is 11.8. The van der Waals surface area contributed by atoms with Crippen LogP contribution in [0.15, 0.2) is 29.1 Å². The fourth-order valence-corrected chi connectivity index (χ4v) is 2.23. The van der Waals surface area contributed by atoms with Gasteiger partial charge in [-0.2, -0.15) is 5.10 Å². The van der Waals surface area contributed by atoms with Gasteiger partial charge in [-0.15, -0.1) is 0 Å². The highest BCUT2D eigenvalue weighted by Gasteiger charge is 2.12. The number of nitrogens with zero attached hydrogens (tertiary/aromatic N) is 2. The summed E-state index contributed by atoms with van der Waals surface area (Å²) in [5.41, 5.74) is 9.29. The topological polar surface area (TPSA) is 60.9 Å². The third-order valence-electron chi connectivity index (χ3n) is 2.99. The molecule has 0 aliphatic rings. The summed E-state index contributed by atoms with van der Waals surface area (Å²) in [7, 11) is 0. The van der Waals surface area contributed by atoms with Gasteiger partial charge in [0.1, 0.15) is 4.99 Å². The van der Waals surface area contributed by atoms with Crippen molar-refractivity contribution in [1.29, 1.82) is 0 Å². The predicted octanol–water partition coefficient (Wildman–Crippen LogP) is 1.79. The van der Waals surface area contributed by atoms with E-state index in [0.29, 0.717) is 0 Å².